The standard InChI is InChI=1S/C21H17NS/c1-4-10-18(11-5-1)21(22-19-12-6-2-7-13-19)16-17-23-20-14-8-3-9-15-20/h1-17H. The molecule has 0 saturated carbocycles. The summed E-state index contributed by atoms with van der Waals surface area (Å²) in [5.41, 5.74) is 3.03. The first-order valence-electron chi connectivity index (χ1n) is 7.49. The van der Waals surface area contributed by atoms with Crippen LogP contribution < -0.4 is 0 Å². The Morgan fingerprint density at radius 3 is 1.91 bits per heavy atom. The van der Waals surface area contributed by atoms with Crippen LogP contribution in [-0.4, -0.2) is 5.71 Å². The molecule has 0 atom stereocenters. The molecule has 0 aliphatic carbocycles. The van der Waals surface area contributed by atoms with E-state index in [1.54, 1.807) is 11.8 Å². The van der Waals surface area contributed by atoms with Crippen LogP contribution >= 0.6 is 11.8 Å². The van der Waals surface area contributed by atoms with Crippen molar-refractivity contribution in [3.63, 3.8) is 0 Å². The van der Waals surface area contributed by atoms with Crippen LogP contribution in [0.1, 0.15) is 5.56 Å². The molecule has 0 bridgehead atoms. The highest BCUT2D eigenvalue weighted by molar-refractivity contribution is 8.02. The molecule has 0 N–H and O–H groups in total. The van der Waals surface area contributed by atoms with E-state index in [0.29, 0.717) is 0 Å². The third-order valence-electron chi connectivity index (χ3n) is 3.25. The second-order valence-corrected chi connectivity index (χ2v) is 5.91. The molecule has 0 radical (unpaired) electrons. The molecule has 0 aliphatic heterocycles. The van der Waals surface area contributed by atoms with Crippen LogP contribution in [-0.2, 0) is 0 Å². The van der Waals surface area contributed by atoms with Gasteiger partial charge in [0.25, 0.3) is 0 Å². The Morgan fingerprint density at radius 1 is 0.696 bits per heavy atom. The molecular formula is C21H17NS. The molecule has 0 amide bonds. The molecule has 0 saturated heterocycles. The van der Waals surface area contributed by atoms with Crippen LogP contribution in [0.5, 0.6) is 0 Å². The summed E-state index contributed by atoms with van der Waals surface area (Å²) >= 11 is 1.69. The van der Waals surface area contributed by atoms with Gasteiger partial charge in [0.1, 0.15) is 0 Å². The Bertz CT molecular complexity index is 778. The van der Waals surface area contributed by atoms with Crippen LogP contribution in [0.4, 0.5) is 5.69 Å². The number of aliphatic imine (C=N–C) groups is 1. The molecule has 0 aliphatic rings. The quantitative estimate of drug-likeness (QED) is 0.408. The number of para-hydroxylation sites is 1. The number of allylic oxidation sites excluding steroid dienone is 1. The summed E-state index contributed by atoms with van der Waals surface area (Å²) in [5, 5.41) is 2.09. The molecule has 0 unspecified atom stereocenters. The zero-order valence-corrected chi connectivity index (χ0v) is 13.5. The van der Waals surface area contributed by atoms with Crippen molar-refractivity contribution in [1.29, 1.82) is 0 Å². The number of rotatable bonds is 5. The molecule has 2 heteroatoms. The average Bonchev–Trinajstić information content (AvgIpc) is 2.63. The van der Waals surface area contributed by atoms with Crippen molar-refractivity contribution >= 4 is 23.2 Å². The summed E-state index contributed by atoms with van der Waals surface area (Å²) in [6, 6.07) is 30.6. The Kier molecular flexibility index (Phi) is 5.43. The minimum atomic E-state index is 0.959. The first kappa shape index (κ1) is 15.3. The van der Waals surface area contributed by atoms with Gasteiger partial charge in [0, 0.05) is 10.5 Å². The van der Waals surface area contributed by atoms with E-state index < -0.39 is 0 Å². The topological polar surface area (TPSA) is 12.4 Å². The van der Waals surface area contributed by atoms with E-state index in [-0.39, 0.29) is 0 Å². The van der Waals surface area contributed by atoms with E-state index in [1.807, 2.05) is 66.7 Å². The minimum absolute atomic E-state index is 0.959. The molecule has 112 valence electrons. The Balaban J connectivity index is 1.85. The summed E-state index contributed by atoms with van der Waals surface area (Å²) in [7, 11) is 0. The molecule has 0 fully saturated rings. The van der Waals surface area contributed by atoms with Gasteiger partial charge in [-0.3, -0.25) is 0 Å². The van der Waals surface area contributed by atoms with Gasteiger partial charge >= 0.3 is 0 Å². The van der Waals surface area contributed by atoms with Gasteiger partial charge in [0.15, 0.2) is 0 Å². The van der Waals surface area contributed by atoms with Gasteiger partial charge in [-0.15, -0.1) is 0 Å². The van der Waals surface area contributed by atoms with Crippen LogP contribution in [0.25, 0.3) is 0 Å². The number of nitrogens with zero attached hydrogens (tertiary/aromatic N) is 1. The summed E-state index contributed by atoms with van der Waals surface area (Å²) in [4.78, 5) is 5.99. The lowest BCUT2D eigenvalue weighted by Crippen LogP contribution is -1.95. The second kappa shape index (κ2) is 8.16. The van der Waals surface area contributed by atoms with Gasteiger partial charge in [-0.1, -0.05) is 78.5 Å². The molecule has 0 heterocycles. The highest BCUT2D eigenvalue weighted by atomic mass is 32.2. The van der Waals surface area contributed by atoms with Gasteiger partial charge in [0.05, 0.1) is 11.4 Å². The third kappa shape index (κ3) is 4.70. The van der Waals surface area contributed by atoms with E-state index in [9.17, 15) is 0 Å². The Hall–Kier alpha value is -2.58. The number of hydrogen-bond donors (Lipinski definition) is 0. The predicted molar refractivity (Wildman–Crippen MR) is 101 cm³/mol. The van der Waals surface area contributed by atoms with Crippen LogP contribution in [0.3, 0.4) is 0 Å². The third-order valence-corrected chi connectivity index (χ3v) is 4.07. The largest absolute Gasteiger partial charge is 0.248 e. The zero-order valence-electron chi connectivity index (χ0n) is 12.7. The van der Waals surface area contributed by atoms with Crippen molar-refractivity contribution in [3.8, 4) is 0 Å². The van der Waals surface area contributed by atoms with Crippen molar-refractivity contribution in [1.82, 2.24) is 0 Å². The summed E-state index contributed by atoms with van der Waals surface area (Å²) in [6.45, 7) is 0. The van der Waals surface area contributed by atoms with Gasteiger partial charge in [0.2, 0.25) is 0 Å². The first-order chi connectivity index (χ1) is 11.4. The fourth-order valence-electron chi connectivity index (χ4n) is 2.12. The minimum Gasteiger partial charge on any atom is -0.248 e. The van der Waals surface area contributed by atoms with E-state index in [0.717, 1.165) is 17.0 Å². The Morgan fingerprint density at radius 2 is 1.26 bits per heavy atom. The molecule has 3 rings (SSSR count). The lowest BCUT2D eigenvalue weighted by Gasteiger charge is -2.02. The van der Waals surface area contributed by atoms with Crippen molar-refractivity contribution in [2.75, 3.05) is 0 Å². The number of hydrogen-bond acceptors (Lipinski definition) is 2. The van der Waals surface area contributed by atoms with Crippen LogP contribution in [0, 0.1) is 0 Å². The highest BCUT2D eigenvalue weighted by Crippen LogP contribution is 2.20. The van der Waals surface area contributed by atoms with Gasteiger partial charge < -0.3 is 0 Å². The molecule has 0 aromatic heterocycles. The molecule has 3 aromatic carbocycles. The molecular weight excluding hydrogens is 298 g/mol. The fraction of sp³-hybridized carbons (Fsp3) is 0. The van der Waals surface area contributed by atoms with Gasteiger partial charge in [-0.25, -0.2) is 4.99 Å². The molecule has 3 aromatic rings. The summed E-state index contributed by atoms with van der Waals surface area (Å²) < 4.78 is 0. The normalized spacial score (nSPS) is 11.7. The molecule has 23 heavy (non-hydrogen) atoms. The SMILES string of the molecule is C(=CC(=Nc1ccccc1)c1ccccc1)Sc1ccccc1. The summed E-state index contributed by atoms with van der Waals surface area (Å²) in [5.74, 6) is 0. The lowest BCUT2D eigenvalue weighted by atomic mass is 10.1. The molecule has 1 nitrogen and oxygen atoms in total. The Labute approximate surface area is 141 Å². The van der Waals surface area contributed by atoms with Crippen LogP contribution in [0.15, 0.2) is 112 Å². The maximum absolute atomic E-state index is 4.78. The number of thioether (sulfide) groups is 1. The van der Waals surface area contributed by atoms with Crippen LogP contribution in [0.2, 0.25) is 0 Å². The predicted octanol–water partition coefficient (Wildman–Crippen LogP) is 6.11. The second-order valence-electron chi connectivity index (χ2n) is 4.93. The smallest absolute Gasteiger partial charge is 0.0714 e. The first-order valence-corrected chi connectivity index (χ1v) is 8.37. The highest BCUT2D eigenvalue weighted by Gasteiger charge is 2.00. The van der Waals surface area contributed by atoms with Gasteiger partial charge in [-0.05, 0) is 35.7 Å². The van der Waals surface area contributed by atoms with Crippen molar-refractivity contribution in [2.45, 2.75) is 4.90 Å². The van der Waals surface area contributed by atoms with Gasteiger partial charge in [-0.2, -0.15) is 0 Å². The number of benzene rings is 3. The maximum Gasteiger partial charge on any atom is 0.0714 e. The summed E-state index contributed by atoms with van der Waals surface area (Å²) in [6.07, 6.45) is 2.07. The molecule has 0 spiro atoms. The van der Waals surface area contributed by atoms with E-state index in [2.05, 4.69) is 35.7 Å². The maximum atomic E-state index is 4.78. The van der Waals surface area contributed by atoms with E-state index in [4.69, 9.17) is 4.99 Å². The fourth-order valence-corrected chi connectivity index (χ4v) is 2.79. The van der Waals surface area contributed by atoms with Crippen molar-refractivity contribution in [2.24, 2.45) is 4.99 Å². The van der Waals surface area contributed by atoms with Crippen molar-refractivity contribution in [3.05, 3.63) is 108 Å². The monoisotopic (exact) mass is 315 g/mol. The van der Waals surface area contributed by atoms with Crippen molar-refractivity contribution < 1.29 is 0 Å². The lowest BCUT2D eigenvalue weighted by molar-refractivity contribution is 1.47. The zero-order chi connectivity index (χ0) is 15.7. The van der Waals surface area contributed by atoms with E-state index in [1.165, 1.54) is 4.90 Å². The van der Waals surface area contributed by atoms with E-state index >= 15 is 0 Å². The average molecular weight is 315 g/mol.